The average Bonchev–Trinajstić information content (AvgIpc) is 2.98. The van der Waals surface area contributed by atoms with Crippen LogP contribution in [0, 0.1) is 0 Å². The number of thiophene rings is 1. The van der Waals surface area contributed by atoms with Gasteiger partial charge in [0.05, 0.1) is 15.6 Å². The van der Waals surface area contributed by atoms with Crippen LogP contribution in [0.3, 0.4) is 0 Å². The van der Waals surface area contributed by atoms with Crippen molar-refractivity contribution in [2.24, 2.45) is 5.73 Å². The molecule has 0 bridgehead atoms. The summed E-state index contributed by atoms with van der Waals surface area (Å²) < 4.78 is 0. The van der Waals surface area contributed by atoms with Gasteiger partial charge in [0.2, 0.25) is 0 Å². The second kappa shape index (κ2) is 5.39. The third-order valence-corrected chi connectivity index (χ3v) is 4.92. The zero-order chi connectivity index (χ0) is 16.0. The summed E-state index contributed by atoms with van der Waals surface area (Å²) in [6, 6.07) is 5.13. The van der Waals surface area contributed by atoms with Gasteiger partial charge in [-0.05, 0) is 35.2 Å². The Balaban J connectivity index is 2.15. The summed E-state index contributed by atoms with van der Waals surface area (Å²) in [4.78, 5) is 37.7. The van der Waals surface area contributed by atoms with Gasteiger partial charge < -0.3 is 5.73 Å². The van der Waals surface area contributed by atoms with Gasteiger partial charge in [-0.15, -0.1) is 11.3 Å². The number of benzene rings is 1. The van der Waals surface area contributed by atoms with Crippen molar-refractivity contribution in [3.8, 4) is 0 Å². The highest BCUT2D eigenvalue weighted by molar-refractivity contribution is 7.12. The largest absolute Gasteiger partial charge is 0.351 e. The lowest BCUT2D eigenvalue weighted by atomic mass is 9.95. The van der Waals surface area contributed by atoms with Crippen LogP contribution in [-0.2, 0) is 4.79 Å². The molecule has 0 radical (unpaired) electrons. The fourth-order valence-corrected chi connectivity index (χ4v) is 3.72. The summed E-state index contributed by atoms with van der Waals surface area (Å²) >= 11 is 13.0. The Morgan fingerprint density at radius 2 is 1.95 bits per heavy atom. The Labute approximate surface area is 139 Å². The number of nitrogens with zero attached hydrogens (tertiary/aromatic N) is 1. The van der Waals surface area contributed by atoms with Crippen molar-refractivity contribution in [3.05, 3.63) is 50.1 Å². The molecule has 22 heavy (non-hydrogen) atoms. The third kappa shape index (κ3) is 2.20. The first-order valence-corrected chi connectivity index (χ1v) is 7.75. The maximum atomic E-state index is 12.7. The number of ketones is 1. The van der Waals surface area contributed by atoms with Crippen molar-refractivity contribution in [1.29, 1.82) is 0 Å². The van der Waals surface area contributed by atoms with Gasteiger partial charge in [-0.2, -0.15) is 0 Å². The summed E-state index contributed by atoms with van der Waals surface area (Å²) in [5.41, 5.74) is 5.87. The number of imide groups is 1. The molecule has 1 aromatic carbocycles. The Hall–Kier alpha value is -1.89. The minimum atomic E-state index is -1.17. The number of rotatable bonds is 2. The molecule has 3 amide bonds. The van der Waals surface area contributed by atoms with Crippen molar-refractivity contribution in [3.63, 3.8) is 0 Å². The number of primary amides is 1. The summed E-state index contributed by atoms with van der Waals surface area (Å²) in [5.74, 6) is -2.34. The van der Waals surface area contributed by atoms with Crippen molar-refractivity contribution in [1.82, 2.24) is 0 Å². The van der Waals surface area contributed by atoms with Crippen molar-refractivity contribution in [2.45, 2.75) is 5.92 Å². The SMILES string of the molecule is NC(=O)N1C(=O)C(C(=O)c2sccc2Cl)c2cc(Cl)ccc21. The number of Topliss-reactive ketones (excluding diaryl/α,β-unsaturated/α-hetero) is 1. The maximum absolute atomic E-state index is 12.7. The van der Waals surface area contributed by atoms with Gasteiger partial charge in [0.25, 0.3) is 5.91 Å². The molecule has 1 aliphatic rings. The van der Waals surface area contributed by atoms with E-state index in [1.165, 1.54) is 18.2 Å². The molecule has 1 aliphatic heterocycles. The lowest BCUT2D eigenvalue weighted by Crippen LogP contribution is -2.40. The van der Waals surface area contributed by atoms with E-state index in [2.05, 4.69) is 0 Å². The molecule has 112 valence electrons. The lowest BCUT2D eigenvalue weighted by molar-refractivity contribution is -0.117. The molecule has 8 heteroatoms. The number of carbonyl (C=O) groups excluding carboxylic acids is 3. The fourth-order valence-electron chi connectivity index (χ4n) is 2.42. The van der Waals surface area contributed by atoms with Crippen LogP contribution in [-0.4, -0.2) is 17.7 Å². The van der Waals surface area contributed by atoms with Crippen LogP contribution in [0.15, 0.2) is 29.6 Å². The molecule has 0 saturated heterocycles. The molecule has 1 unspecified atom stereocenters. The van der Waals surface area contributed by atoms with E-state index in [-0.39, 0.29) is 15.6 Å². The van der Waals surface area contributed by atoms with E-state index < -0.39 is 23.6 Å². The first-order valence-electron chi connectivity index (χ1n) is 6.12. The highest BCUT2D eigenvalue weighted by Crippen LogP contribution is 2.41. The van der Waals surface area contributed by atoms with Crippen LogP contribution < -0.4 is 10.6 Å². The first kappa shape index (κ1) is 15.0. The topological polar surface area (TPSA) is 80.5 Å². The molecule has 0 saturated carbocycles. The van der Waals surface area contributed by atoms with E-state index in [0.29, 0.717) is 10.6 Å². The molecular weight excluding hydrogens is 347 g/mol. The Kier molecular flexibility index (Phi) is 3.68. The number of urea groups is 1. The predicted octanol–water partition coefficient (Wildman–Crippen LogP) is 3.45. The minimum absolute atomic E-state index is 0.261. The summed E-state index contributed by atoms with van der Waals surface area (Å²) in [6.07, 6.45) is 0. The second-order valence-electron chi connectivity index (χ2n) is 4.61. The minimum Gasteiger partial charge on any atom is -0.351 e. The van der Waals surface area contributed by atoms with E-state index in [1.807, 2.05) is 0 Å². The molecule has 5 nitrogen and oxygen atoms in total. The molecule has 2 N–H and O–H groups in total. The van der Waals surface area contributed by atoms with Crippen LogP contribution in [0.5, 0.6) is 0 Å². The van der Waals surface area contributed by atoms with Crippen LogP contribution >= 0.6 is 34.5 Å². The van der Waals surface area contributed by atoms with Gasteiger partial charge in [0, 0.05) is 5.02 Å². The number of fused-ring (bicyclic) bond motifs is 1. The normalized spacial score (nSPS) is 16.7. The first-order chi connectivity index (χ1) is 10.4. The van der Waals surface area contributed by atoms with Crippen LogP contribution in [0.2, 0.25) is 10.0 Å². The van der Waals surface area contributed by atoms with Gasteiger partial charge >= 0.3 is 6.03 Å². The van der Waals surface area contributed by atoms with E-state index in [0.717, 1.165) is 16.2 Å². The number of hydrogen-bond acceptors (Lipinski definition) is 4. The highest BCUT2D eigenvalue weighted by atomic mass is 35.5. The zero-order valence-corrected chi connectivity index (χ0v) is 13.2. The van der Waals surface area contributed by atoms with E-state index >= 15 is 0 Å². The van der Waals surface area contributed by atoms with Crippen molar-refractivity contribution in [2.75, 3.05) is 4.90 Å². The molecule has 0 fully saturated rings. The number of amides is 3. The Morgan fingerprint density at radius 3 is 2.55 bits per heavy atom. The van der Waals surface area contributed by atoms with Gasteiger partial charge in [0.15, 0.2) is 5.78 Å². The zero-order valence-electron chi connectivity index (χ0n) is 10.9. The van der Waals surface area contributed by atoms with Gasteiger partial charge in [-0.25, -0.2) is 9.69 Å². The molecule has 2 aromatic rings. The Morgan fingerprint density at radius 1 is 1.23 bits per heavy atom. The number of hydrogen-bond donors (Lipinski definition) is 1. The second-order valence-corrected chi connectivity index (χ2v) is 6.37. The molecule has 0 spiro atoms. The van der Waals surface area contributed by atoms with E-state index in [4.69, 9.17) is 28.9 Å². The average molecular weight is 355 g/mol. The number of halogens is 2. The number of nitrogens with two attached hydrogens (primary N) is 1. The Bertz CT molecular complexity index is 818. The standard InChI is InChI=1S/C14H8Cl2N2O3S/c15-6-1-2-9-7(5-6)10(13(20)18(9)14(17)21)11(19)12-8(16)3-4-22-12/h1-5,10H,(H2,17,21). The molecule has 2 heterocycles. The quantitative estimate of drug-likeness (QED) is 0.662. The van der Waals surface area contributed by atoms with Crippen molar-refractivity contribution < 1.29 is 14.4 Å². The van der Waals surface area contributed by atoms with Crippen molar-refractivity contribution >= 4 is 57.9 Å². The lowest BCUT2D eigenvalue weighted by Gasteiger charge is -2.12. The van der Waals surface area contributed by atoms with Gasteiger partial charge in [-0.1, -0.05) is 23.2 Å². The smallest absolute Gasteiger partial charge is 0.326 e. The number of carbonyl (C=O) groups is 3. The summed E-state index contributed by atoms with van der Waals surface area (Å²) in [5, 5.41) is 2.27. The molecule has 1 atom stereocenters. The van der Waals surface area contributed by atoms with Crippen LogP contribution in [0.1, 0.15) is 21.2 Å². The predicted molar refractivity (Wildman–Crippen MR) is 84.9 cm³/mol. The monoisotopic (exact) mass is 354 g/mol. The highest BCUT2D eigenvalue weighted by Gasteiger charge is 2.45. The maximum Gasteiger partial charge on any atom is 0.326 e. The van der Waals surface area contributed by atoms with Gasteiger partial charge in [0.1, 0.15) is 5.92 Å². The van der Waals surface area contributed by atoms with Gasteiger partial charge in [-0.3, -0.25) is 9.59 Å². The van der Waals surface area contributed by atoms with E-state index in [1.54, 1.807) is 11.4 Å². The third-order valence-electron chi connectivity index (χ3n) is 3.33. The fraction of sp³-hybridized carbons (Fsp3) is 0.0714. The van der Waals surface area contributed by atoms with Crippen LogP contribution in [0.25, 0.3) is 0 Å². The number of anilines is 1. The van der Waals surface area contributed by atoms with Crippen LogP contribution in [0.4, 0.5) is 10.5 Å². The van der Waals surface area contributed by atoms with E-state index in [9.17, 15) is 14.4 Å². The molecule has 3 rings (SSSR count). The molecule has 1 aromatic heterocycles. The summed E-state index contributed by atoms with van der Waals surface area (Å²) in [6.45, 7) is 0. The molecule has 0 aliphatic carbocycles. The molecular formula is C14H8Cl2N2O3S. The summed E-state index contributed by atoms with van der Waals surface area (Å²) in [7, 11) is 0.